The molecule has 3 aromatic rings. The van der Waals surface area contributed by atoms with Gasteiger partial charge in [0.2, 0.25) is 0 Å². The molecule has 1 saturated carbocycles. The second-order valence-electron chi connectivity index (χ2n) is 6.44. The van der Waals surface area contributed by atoms with Crippen LogP contribution in [0.1, 0.15) is 24.3 Å². The molecule has 5 heteroatoms. The number of carbonyl (C=O) groups excluding carboxylic acids is 1. The van der Waals surface area contributed by atoms with Crippen LogP contribution < -0.4 is 9.80 Å². The molecular formula is C19H17N3OS. The monoisotopic (exact) mass is 335 g/mol. The number of nitrogens with zero attached hydrogens (tertiary/aromatic N) is 3. The van der Waals surface area contributed by atoms with Crippen molar-refractivity contribution in [2.45, 2.75) is 18.8 Å². The summed E-state index contributed by atoms with van der Waals surface area (Å²) in [5, 5.41) is 3.32. The van der Waals surface area contributed by atoms with Gasteiger partial charge in [-0.3, -0.25) is 14.8 Å². The highest BCUT2D eigenvalue weighted by molar-refractivity contribution is 7.17. The van der Waals surface area contributed by atoms with Crippen molar-refractivity contribution >= 4 is 38.8 Å². The van der Waals surface area contributed by atoms with Crippen LogP contribution in [0.2, 0.25) is 0 Å². The number of fused-ring (bicyclic) bond motifs is 1. The summed E-state index contributed by atoms with van der Waals surface area (Å²) in [4.78, 5) is 21.0. The average Bonchev–Trinajstić information content (AvgIpc) is 3.23. The molecule has 24 heavy (non-hydrogen) atoms. The number of rotatable bonds is 3. The van der Waals surface area contributed by atoms with Crippen LogP contribution in [-0.2, 0) is 0 Å². The summed E-state index contributed by atoms with van der Waals surface area (Å²) < 4.78 is 1.22. The molecule has 1 aliphatic carbocycles. The summed E-state index contributed by atoms with van der Waals surface area (Å²) in [5.41, 5.74) is 3.24. The highest BCUT2D eigenvalue weighted by atomic mass is 32.1. The maximum absolute atomic E-state index is 13.0. The lowest BCUT2D eigenvalue weighted by Gasteiger charge is -2.21. The Bertz CT molecular complexity index is 931. The number of pyridine rings is 1. The minimum absolute atomic E-state index is 0.0563. The van der Waals surface area contributed by atoms with E-state index in [0.29, 0.717) is 19.0 Å². The van der Waals surface area contributed by atoms with E-state index in [4.69, 9.17) is 0 Å². The number of hydrogen-bond donors (Lipinski definition) is 0. The van der Waals surface area contributed by atoms with Crippen molar-refractivity contribution in [2.24, 2.45) is 0 Å². The first-order valence-electron chi connectivity index (χ1n) is 8.31. The molecule has 2 amide bonds. The number of amides is 2. The van der Waals surface area contributed by atoms with Gasteiger partial charge in [-0.15, -0.1) is 11.3 Å². The van der Waals surface area contributed by atoms with Gasteiger partial charge in [0, 0.05) is 29.7 Å². The number of carbonyl (C=O) groups is 1. The van der Waals surface area contributed by atoms with Gasteiger partial charge < -0.3 is 0 Å². The number of thiophene rings is 1. The van der Waals surface area contributed by atoms with E-state index in [9.17, 15) is 4.79 Å². The van der Waals surface area contributed by atoms with Crippen LogP contribution in [0.3, 0.4) is 0 Å². The maximum Gasteiger partial charge on any atom is 0.329 e. The molecule has 120 valence electrons. The number of anilines is 2. The van der Waals surface area contributed by atoms with Crippen LogP contribution in [0.15, 0.2) is 48.1 Å². The second-order valence-corrected chi connectivity index (χ2v) is 7.39. The van der Waals surface area contributed by atoms with E-state index in [2.05, 4.69) is 34.6 Å². The van der Waals surface area contributed by atoms with E-state index in [0.717, 1.165) is 11.4 Å². The molecule has 1 aliphatic heterocycles. The molecule has 0 radical (unpaired) electrons. The lowest BCUT2D eigenvalue weighted by Crippen LogP contribution is -2.32. The Morgan fingerprint density at radius 3 is 2.83 bits per heavy atom. The van der Waals surface area contributed by atoms with Crippen molar-refractivity contribution in [3.05, 3.63) is 53.7 Å². The molecule has 5 rings (SSSR count). The zero-order valence-corrected chi connectivity index (χ0v) is 14.0. The van der Waals surface area contributed by atoms with Gasteiger partial charge in [0.15, 0.2) is 0 Å². The topological polar surface area (TPSA) is 36.4 Å². The zero-order valence-electron chi connectivity index (χ0n) is 13.2. The predicted octanol–water partition coefficient (Wildman–Crippen LogP) is 4.62. The summed E-state index contributed by atoms with van der Waals surface area (Å²) >= 11 is 1.71. The first-order valence-corrected chi connectivity index (χ1v) is 9.19. The minimum atomic E-state index is 0.0563. The molecule has 4 nitrogen and oxygen atoms in total. The fourth-order valence-electron chi connectivity index (χ4n) is 3.47. The van der Waals surface area contributed by atoms with Crippen LogP contribution in [0.4, 0.5) is 16.2 Å². The quantitative estimate of drug-likeness (QED) is 0.700. The van der Waals surface area contributed by atoms with Crippen LogP contribution in [-0.4, -0.2) is 24.1 Å². The number of aromatic nitrogens is 1. The molecule has 0 atom stereocenters. The highest BCUT2D eigenvalue weighted by Crippen LogP contribution is 2.44. The molecule has 2 fully saturated rings. The summed E-state index contributed by atoms with van der Waals surface area (Å²) in [5.74, 6) is 0.604. The molecule has 1 saturated heterocycles. The smallest absolute Gasteiger partial charge is 0.292 e. The van der Waals surface area contributed by atoms with Gasteiger partial charge in [-0.05, 0) is 59.4 Å². The predicted molar refractivity (Wildman–Crippen MR) is 98.1 cm³/mol. The van der Waals surface area contributed by atoms with E-state index in [1.165, 1.54) is 28.5 Å². The van der Waals surface area contributed by atoms with E-state index in [-0.39, 0.29) is 6.03 Å². The molecular weight excluding hydrogens is 318 g/mol. The normalized spacial score (nSPS) is 17.9. The highest BCUT2D eigenvalue weighted by Gasteiger charge is 2.35. The average molecular weight is 335 g/mol. The van der Waals surface area contributed by atoms with Crippen molar-refractivity contribution in [3.63, 3.8) is 0 Å². The fourth-order valence-corrected chi connectivity index (χ4v) is 4.30. The Morgan fingerprint density at radius 2 is 1.96 bits per heavy atom. The molecule has 0 N–H and O–H groups in total. The van der Waals surface area contributed by atoms with Crippen molar-refractivity contribution in [2.75, 3.05) is 22.9 Å². The van der Waals surface area contributed by atoms with Crippen molar-refractivity contribution < 1.29 is 4.79 Å². The summed E-state index contributed by atoms with van der Waals surface area (Å²) in [7, 11) is 0. The van der Waals surface area contributed by atoms with Crippen LogP contribution in [0.5, 0.6) is 0 Å². The van der Waals surface area contributed by atoms with Gasteiger partial charge in [-0.2, -0.15) is 0 Å². The van der Waals surface area contributed by atoms with E-state index in [1.807, 2.05) is 28.3 Å². The van der Waals surface area contributed by atoms with Gasteiger partial charge in [-0.25, -0.2) is 4.79 Å². The molecule has 3 heterocycles. The number of benzene rings is 1. The Hall–Kier alpha value is -2.40. The van der Waals surface area contributed by atoms with Gasteiger partial charge in [-0.1, -0.05) is 6.07 Å². The third-order valence-electron chi connectivity index (χ3n) is 4.90. The van der Waals surface area contributed by atoms with Gasteiger partial charge in [0.25, 0.3) is 0 Å². The molecule has 0 bridgehead atoms. The first-order chi connectivity index (χ1) is 11.8. The second kappa shape index (κ2) is 5.31. The third kappa shape index (κ3) is 2.19. The van der Waals surface area contributed by atoms with Gasteiger partial charge in [0.1, 0.15) is 0 Å². The SMILES string of the molecule is O=C1N(c2ccc3ccsc3c2)CCN1c1cnccc1C1CC1. The Kier molecular flexibility index (Phi) is 3.10. The molecule has 1 aromatic carbocycles. The largest absolute Gasteiger partial charge is 0.329 e. The van der Waals surface area contributed by atoms with Crippen molar-refractivity contribution in [1.82, 2.24) is 4.98 Å². The van der Waals surface area contributed by atoms with Crippen LogP contribution in [0, 0.1) is 0 Å². The van der Waals surface area contributed by atoms with Gasteiger partial charge >= 0.3 is 6.03 Å². The van der Waals surface area contributed by atoms with E-state index < -0.39 is 0 Å². The number of hydrogen-bond acceptors (Lipinski definition) is 3. The van der Waals surface area contributed by atoms with Crippen LogP contribution >= 0.6 is 11.3 Å². The van der Waals surface area contributed by atoms with E-state index in [1.54, 1.807) is 11.3 Å². The molecule has 0 spiro atoms. The third-order valence-corrected chi connectivity index (χ3v) is 5.78. The molecule has 0 unspecified atom stereocenters. The maximum atomic E-state index is 13.0. The minimum Gasteiger partial charge on any atom is -0.292 e. The molecule has 2 aliphatic rings. The fraction of sp³-hybridized carbons (Fsp3) is 0.263. The summed E-state index contributed by atoms with van der Waals surface area (Å²) in [6.45, 7) is 1.43. The van der Waals surface area contributed by atoms with E-state index >= 15 is 0 Å². The lowest BCUT2D eigenvalue weighted by atomic mass is 10.1. The molecule has 2 aromatic heterocycles. The Labute approximate surface area is 144 Å². The van der Waals surface area contributed by atoms with Crippen LogP contribution in [0.25, 0.3) is 10.1 Å². The summed E-state index contributed by atoms with van der Waals surface area (Å²) in [6, 6.07) is 10.5. The Morgan fingerprint density at radius 1 is 1.08 bits per heavy atom. The van der Waals surface area contributed by atoms with Gasteiger partial charge in [0.05, 0.1) is 11.9 Å². The Balaban J connectivity index is 1.48. The zero-order chi connectivity index (χ0) is 16.1. The van der Waals surface area contributed by atoms with Crippen molar-refractivity contribution in [3.8, 4) is 0 Å². The first kappa shape index (κ1) is 14.0. The summed E-state index contributed by atoms with van der Waals surface area (Å²) in [6.07, 6.45) is 6.12. The van der Waals surface area contributed by atoms with Crippen molar-refractivity contribution in [1.29, 1.82) is 0 Å². The standard InChI is InChI=1S/C19H17N3OS/c23-19-21(15-4-3-14-6-10-24-18(14)11-15)8-9-22(19)17-12-20-7-5-16(17)13-1-2-13/h3-7,10-13H,1-2,8-9H2. The number of urea groups is 1. The lowest BCUT2D eigenvalue weighted by molar-refractivity contribution is 0.256.